The molecular formula is C29H30N6. The van der Waals surface area contributed by atoms with Crippen molar-refractivity contribution in [3.8, 4) is 11.4 Å². The molecule has 0 atom stereocenters. The Labute approximate surface area is 204 Å². The van der Waals surface area contributed by atoms with Gasteiger partial charge in [-0.3, -0.25) is 4.98 Å². The Bertz CT molecular complexity index is 1530. The lowest BCUT2D eigenvalue weighted by Crippen LogP contribution is -2.20. The second kappa shape index (κ2) is 8.59. The van der Waals surface area contributed by atoms with Crippen LogP contribution in [0.25, 0.3) is 44.2 Å². The first kappa shape index (κ1) is 20.8. The van der Waals surface area contributed by atoms with Crippen molar-refractivity contribution in [1.82, 2.24) is 24.9 Å². The van der Waals surface area contributed by atoms with Crippen molar-refractivity contribution in [3.63, 3.8) is 0 Å². The van der Waals surface area contributed by atoms with Crippen LogP contribution >= 0.6 is 0 Å². The van der Waals surface area contributed by atoms with Crippen LogP contribution in [0.2, 0.25) is 0 Å². The highest BCUT2D eigenvalue weighted by Crippen LogP contribution is 2.42. The molecule has 0 radical (unpaired) electrons. The molecule has 35 heavy (non-hydrogen) atoms. The van der Waals surface area contributed by atoms with Crippen molar-refractivity contribution in [3.05, 3.63) is 54.5 Å². The number of fused-ring (bicyclic) bond motifs is 4. The Balaban J connectivity index is 1.44. The van der Waals surface area contributed by atoms with Crippen molar-refractivity contribution < 1.29 is 0 Å². The maximum absolute atomic E-state index is 5.24. The van der Waals surface area contributed by atoms with Crippen LogP contribution in [0.3, 0.4) is 0 Å². The quantitative estimate of drug-likeness (QED) is 0.278. The molecule has 1 aromatic carbocycles. The van der Waals surface area contributed by atoms with Crippen LogP contribution in [0.5, 0.6) is 0 Å². The smallest absolute Gasteiger partial charge is 0.163 e. The lowest BCUT2D eigenvalue weighted by molar-refractivity contribution is 0.421. The summed E-state index contributed by atoms with van der Waals surface area (Å²) in [6.07, 6.45) is 17.2. The van der Waals surface area contributed by atoms with Gasteiger partial charge in [-0.05, 0) is 49.3 Å². The van der Waals surface area contributed by atoms with Crippen LogP contribution < -0.4 is 5.32 Å². The number of anilines is 1. The average Bonchev–Trinajstić information content (AvgIpc) is 3.04. The van der Waals surface area contributed by atoms with Gasteiger partial charge in [-0.1, -0.05) is 50.3 Å². The summed E-state index contributed by atoms with van der Waals surface area (Å²) in [5, 5.41) is 7.28. The zero-order valence-corrected chi connectivity index (χ0v) is 19.9. The minimum Gasteiger partial charge on any atom is -0.367 e. The standard InChI is InChI=1S/C29H30N6/c1-2-4-11-19(10-3-1)32-29-26-22(18-8-7-9-18)16-30-17-24(26)34-27(35-29)21-14-15-31-28-25(21)20-12-5-6-13-23(20)33-28/h5-6,12-19H,1-4,7-11H2,(H,31,33)(H,32,34,35). The topological polar surface area (TPSA) is 79.4 Å². The van der Waals surface area contributed by atoms with Crippen molar-refractivity contribution in [2.75, 3.05) is 5.32 Å². The first-order chi connectivity index (χ1) is 17.3. The average molecular weight is 463 g/mol. The lowest BCUT2D eigenvalue weighted by atomic mass is 9.79. The Morgan fingerprint density at radius 1 is 0.829 bits per heavy atom. The summed E-state index contributed by atoms with van der Waals surface area (Å²) in [4.78, 5) is 23.0. The number of para-hydroxylation sites is 1. The maximum Gasteiger partial charge on any atom is 0.163 e. The molecule has 2 aliphatic carbocycles. The molecule has 2 saturated carbocycles. The third-order valence-electron chi connectivity index (χ3n) is 8.02. The third-order valence-corrected chi connectivity index (χ3v) is 8.02. The molecule has 7 rings (SSSR count). The van der Waals surface area contributed by atoms with E-state index in [0.29, 0.717) is 12.0 Å². The second-order valence-corrected chi connectivity index (χ2v) is 10.2. The molecule has 2 aliphatic rings. The van der Waals surface area contributed by atoms with Gasteiger partial charge in [0.05, 0.1) is 11.7 Å². The molecule has 0 saturated heterocycles. The van der Waals surface area contributed by atoms with E-state index in [9.17, 15) is 0 Å². The van der Waals surface area contributed by atoms with Gasteiger partial charge in [0.1, 0.15) is 11.5 Å². The molecule has 0 unspecified atom stereocenters. The van der Waals surface area contributed by atoms with E-state index in [0.717, 1.165) is 44.7 Å². The van der Waals surface area contributed by atoms with Crippen molar-refractivity contribution >= 4 is 38.7 Å². The van der Waals surface area contributed by atoms with Crippen molar-refractivity contribution in [2.24, 2.45) is 0 Å². The molecule has 4 aromatic heterocycles. The third kappa shape index (κ3) is 3.63. The molecule has 5 aromatic rings. The number of aromatic amines is 1. The Kier molecular flexibility index (Phi) is 5.11. The molecule has 0 bridgehead atoms. The van der Waals surface area contributed by atoms with E-state index in [2.05, 4.69) is 44.7 Å². The van der Waals surface area contributed by atoms with Gasteiger partial charge in [-0.2, -0.15) is 0 Å². The molecule has 176 valence electrons. The molecule has 0 amide bonds. The van der Waals surface area contributed by atoms with Gasteiger partial charge in [0, 0.05) is 45.7 Å². The fourth-order valence-corrected chi connectivity index (χ4v) is 5.93. The minimum absolute atomic E-state index is 0.455. The van der Waals surface area contributed by atoms with E-state index in [1.165, 1.54) is 68.7 Å². The van der Waals surface area contributed by atoms with Gasteiger partial charge >= 0.3 is 0 Å². The number of nitrogens with one attached hydrogen (secondary N) is 2. The summed E-state index contributed by atoms with van der Waals surface area (Å²) in [6, 6.07) is 10.9. The first-order valence-electron chi connectivity index (χ1n) is 13.1. The fraction of sp³-hybridized carbons (Fsp3) is 0.379. The summed E-state index contributed by atoms with van der Waals surface area (Å²) in [5.41, 5.74) is 5.19. The lowest BCUT2D eigenvalue weighted by Gasteiger charge is -2.28. The molecule has 4 heterocycles. The molecular weight excluding hydrogens is 432 g/mol. The van der Waals surface area contributed by atoms with Gasteiger partial charge in [0.25, 0.3) is 0 Å². The van der Waals surface area contributed by atoms with E-state index in [1.807, 2.05) is 24.5 Å². The number of nitrogens with zero attached hydrogens (tertiary/aromatic N) is 4. The largest absolute Gasteiger partial charge is 0.367 e. The predicted octanol–water partition coefficient (Wildman–Crippen LogP) is 7.12. The van der Waals surface area contributed by atoms with Crippen molar-refractivity contribution in [2.45, 2.75) is 69.7 Å². The number of aromatic nitrogens is 5. The molecule has 0 aliphatic heterocycles. The number of hydrogen-bond acceptors (Lipinski definition) is 5. The predicted molar refractivity (Wildman–Crippen MR) is 142 cm³/mol. The molecule has 2 N–H and O–H groups in total. The highest BCUT2D eigenvalue weighted by Gasteiger charge is 2.26. The second-order valence-electron chi connectivity index (χ2n) is 10.2. The van der Waals surface area contributed by atoms with Crippen LogP contribution in [-0.4, -0.2) is 31.0 Å². The highest BCUT2D eigenvalue weighted by molar-refractivity contribution is 6.12. The number of rotatable bonds is 4. The van der Waals surface area contributed by atoms with E-state index in [1.54, 1.807) is 0 Å². The van der Waals surface area contributed by atoms with Crippen LogP contribution in [0, 0.1) is 0 Å². The Morgan fingerprint density at radius 2 is 1.69 bits per heavy atom. The van der Waals surface area contributed by atoms with Crippen LogP contribution in [0.4, 0.5) is 5.82 Å². The van der Waals surface area contributed by atoms with E-state index >= 15 is 0 Å². The summed E-state index contributed by atoms with van der Waals surface area (Å²) in [6.45, 7) is 0. The van der Waals surface area contributed by atoms with Crippen LogP contribution in [0.15, 0.2) is 48.9 Å². The number of H-pyrrole nitrogens is 1. The van der Waals surface area contributed by atoms with Crippen LogP contribution in [-0.2, 0) is 0 Å². The van der Waals surface area contributed by atoms with Gasteiger partial charge in [0.2, 0.25) is 0 Å². The Hall–Kier alpha value is -3.54. The maximum atomic E-state index is 5.24. The van der Waals surface area contributed by atoms with Crippen LogP contribution in [0.1, 0.15) is 69.3 Å². The summed E-state index contributed by atoms with van der Waals surface area (Å²) < 4.78 is 0. The van der Waals surface area contributed by atoms with E-state index < -0.39 is 0 Å². The minimum atomic E-state index is 0.455. The number of benzene rings is 1. The monoisotopic (exact) mass is 462 g/mol. The van der Waals surface area contributed by atoms with Gasteiger partial charge in [-0.25, -0.2) is 15.0 Å². The SMILES string of the molecule is c1ccc2c(c1)[nH]c1nccc(-c3nc(NC4CCCCCC4)c4c(C5CCC5)cncc4n3)c12. The molecule has 6 heteroatoms. The van der Waals surface area contributed by atoms with E-state index in [4.69, 9.17) is 9.97 Å². The molecule has 0 spiro atoms. The fourth-order valence-electron chi connectivity index (χ4n) is 5.93. The normalized spacial score (nSPS) is 17.6. The van der Waals surface area contributed by atoms with E-state index in [-0.39, 0.29) is 0 Å². The Morgan fingerprint density at radius 3 is 2.51 bits per heavy atom. The zero-order valence-electron chi connectivity index (χ0n) is 19.9. The summed E-state index contributed by atoms with van der Waals surface area (Å²) in [5.74, 6) is 2.28. The zero-order chi connectivity index (χ0) is 23.2. The van der Waals surface area contributed by atoms with Gasteiger partial charge < -0.3 is 10.3 Å². The molecule has 6 nitrogen and oxygen atoms in total. The van der Waals surface area contributed by atoms with Crippen molar-refractivity contribution in [1.29, 1.82) is 0 Å². The first-order valence-corrected chi connectivity index (χ1v) is 13.1. The number of hydrogen-bond donors (Lipinski definition) is 2. The summed E-state index contributed by atoms with van der Waals surface area (Å²) >= 11 is 0. The highest BCUT2D eigenvalue weighted by atomic mass is 15.1. The van der Waals surface area contributed by atoms with Gasteiger partial charge in [-0.15, -0.1) is 0 Å². The molecule has 2 fully saturated rings. The summed E-state index contributed by atoms with van der Waals surface area (Å²) in [7, 11) is 0. The number of pyridine rings is 2. The van der Waals surface area contributed by atoms with Gasteiger partial charge in [0.15, 0.2) is 5.82 Å².